The normalized spacial score (nSPS) is 10.9. The fourth-order valence-corrected chi connectivity index (χ4v) is 1.89. The number of hydrogen-bond donors (Lipinski definition) is 2. The molecule has 1 aromatic carbocycles. The summed E-state index contributed by atoms with van der Waals surface area (Å²) in [5, 5.41) is 16.6. The highest BCUT2D eigenvalue weighted by molar-refractivity contribution is 7.73. The van der Waals surface area contributed by atoms with Gasteiger partial charge in [-0.05, 0) is 30.4 Å². The fourth-order valence-electron chi connectivity index (χ4n) is 1.16. The van der Waals surface area contributed by atoms with Gasteiger partial charge in [-0.1, -0.05) is 11.3 Å². The van der Waals surface area contributed by atoms with Gasteiger partial charge in [-0.15, -0.1) is 5.10 Å². The SMILES string of the molecule is COc1ccc(O)c(/C=N/c2n[nH]c(=S)s2)c1. The molecule has 2 N–H and O–H groups in total. The molecule has 0 saturated carbocycles. The highest BCUT2D eigenvalue weighted by Gasteiger charge is 2.01. The minimum Gasteiger partial charge on any atom is -0.507 e. The summed E-state index contributed by atoms with van der Waals surface area (Å²) in [4.78, 5) is 4.10. The Morgan fingerprint density at radius 1 is 1.59 bits per heavy atom. The van der Waals surface area contributed by atoms with Crippen molar-refractivity contribution in [3.63, 3.8) is 0 Å². The molecule has 0 aliphatic carbocycles. The van der Waals surface area contributed by atoms with Gasteiger partial charge in [0.25, 0.3) is 0 Å². The first-order chi connectivity index (χ1) is 8.19. The number of hydrogen-bond acceptors (Lipinski definition) is 6. The minimum atomic E-state index is 0.133. The second-order valence-electron chi connectivity index (χ2n) is 3.08. The molecule has 0 radical (unpaired) electrons. The van der Waals surface area contributed by atoms with Crippen LogP contribution in [-0.2, 0) is 0 Å². The van der Waals surface area contributed by atoms with Crippen LogP contribution >= 0.6 is 23.6 Å². The molecule has 0 atom stereocenters. The lowest BCUT2D eigenvalue weighted by Gasteiger charge is -2.02. The lowest BCUT2D eigenvalue weighted by molar-refractivity contribution is 0.412. The molecule has 17 heavy (non-hydrogen) atoms. The molecule has 0 saturated heterocycles. The Balaban J connectivity index is 2.28. The summed E-state index contributed by atoms with van der Waals surface area (Å²) in [5.74, 6) is 0.785. The van der Waals surface area contributed by atoms with E-state index in [1.165, 1.54) is 17.6 Å². The van der Waals surface area contributed by atoms with E-state index in [-0.39, 0.29) is 5.75 Å². The number of aromatic amines is 1. The van der Waals surface area contributed by atoms with Crippen LogP contribution < -0.4 is 4.74 Å². The van der Waals surface area contributed by atoms with Crippen LogP contribution in [0.1, 0.15) is 5.56 Å². The molecule has 0 aliphatic heterocycles. The summed E-state index contributed by atoms with van der Waals surface area (Å²) in [5.41, 5.74) is 0.561. The summed E-state index contributed by atoms with van der Waals surface area (Å²) in [7, 11) is 1.56. The zero-order valence-corrected chi connectivity index (χ0v) is 10.5. The quantitative estimate of drug-likeness (QED) is 0.662. The van der Waals surface area contributed by atoms with Crippen molar-refractivity contribution in [1.82, 2.24) is 10.2 Å². The summed E-state index contributed by atoms with van der Waals surface area (Å²) >= 11 is 6.15. The van der Waals surface area contributed by atoms with E-state index in [1.807, 2.05) is 0 Å². The lowest BCUT2D eigenvalue weighted by atomic mass is 10.2. The Morgan fingerprint density at radius 2 is 2.41 bits per heavy atom. The number of H-pyrrole nitrogens is 1. The van der Waals surface area contributed by atoms with Gasteiger partial charge in [0.15, 0.2) is 3.95 Å². The maximum Gasteiger partial charge on any atom is 0.230 e. The molecule has 0 bridgehead atoms. The van der Waals surface area contributed by atoms with Crippen LogP contribution in [0.2, 0.25) is 0 Å². The number of rotatable bonds is 3. The monoisotopic (exact) mass is 267 g/mol. The van der Waals surface area contributed by atoms with E-state index in [2.05, 4.69) is 15.2 Å². The van der Waals surface area contributed by atoms with Crippen molar-refractivity contribution in [3.8, 4) is 11.5 Å². The molecule has 0 amide bonds. The molecule has 1 aromatic heterocycles. The molecule has 2 rings (SSSR count). The Bertz CT molecular complexity index is 604. The molecule has 0 spiro atoms. The number of methoxy groups -OCH3 is 1. The first-order valence-electron chi connectivity index (χ1n) is 4.65. The largest absolute Gasteiger partial charge is 0.507 e. The number of phenolic OH excluding ortho intramolecular Hbond substituents is 1. The molecule has 0 aliphatic rings. The highest BCUT2D eigenvalue weighted by Crippen LogP contribution is 2.22. The zero-order chi connectivity index (χ0) is 12.3. The van der Waals surface area contributed by atoms with Crippen LogP contribution in [0.4, 0.5) is 5.13 Å². The fraction of sp³-hybridized carbons (Fsp3) is 0.100. The van der Waals surface area contributed by atoms with Gasteiger partial charge >= 0.3 is 0 Å². The van der Waals surface area contributed by atoms with E-state index >= 15 is 0 Å². The molecule has 1 heterocycles. The Kier molecular flexibility index (Phi) is 3.50. The van der Waals surface area contributed by atoms with Gasteiger partial charge < -0.3 is 9.84 Å². The van der Waals surface area contributed by atoms with Gasteiger partial charge in [0.2, 0.25) is 5.13 Å². The van der Waals surface area contributed by atoms with Crippen molar-refractivity contribution < 1.29 is 9.84 Å². The average Bonchev–Trinajstić information content (AvgIpc) is 2.74. The lowest BCUT2D eigenvalue weighted by Crippen LogP contribution is -1.86. The molecule has 88 valence electrons. The van der Waals surface area contributed by atoms with Gasteiger partial charge in [0.05, 0.1) is 7.11 Å². The van der Waals surface area contributed by atoms with E-state index in [0.29, 0.717) is 20.4 Å². The Hall–Kier alpha value is -1.73. The molecule has 2 aromatic rings. The molecule has 0 unspecified atom stereocenters. The Morgan fingerprint density at radius 3 is 3.06 bits per heavy atom. The number of aromatic hydroxyl groups is 1. The van der Waals surface area contributed by atoms with Gasteiger partial charge in [0.1, 0.15) is 11.5 Å². The minimum absolute atomic E-state index is 0.133. The predicted octanol–water partition coefficient (Wildman–Crippen LogP) is 2.67. The molecule has 0 fully saturated rings. The molecule has 5 nitrogen and oxygen atoms in total. The van der Waals surface area contributed by atoms with E-state index < -0.39 is 0 Å². The first kappa shape index (κ1) is 11.7. The number of nitrogens with zero attached hydrogens (tertiary/aromatic N) is 2. The summed E-state index contributed by atoms with van der Waals surface area (Å²) in [6, 6.07) is 4.91. The summed E-state index contributed by atoms with van der Waals surface area (Å²) < 4.78 is 5.62. The third kappa shape index (κ3) is 2.89. The Labute approximate surface area is 106 Å². The average molecular weight is 267 g/mol. The number of nitrogens with one attached hydrogen (secondary N) is 1. The molecule has 7 heteroatoms. The van der Waals surface area contributed by atoms with Crippen LogP contribution in [0.15, 0.2) is 23.2 Å². The van der Waals surface area contributed by atoms with Crippen LogP contribution in [0.3, 0.4) is 0 Å². The van der Waals surface area contributed by atoms with Crippen molar-refractivity contribution in [3.05, 3.63) is 27.7 Å². The maximum absolute atomic E-state index is 9.62. The van der Waals surface area contributed by atoms with Crippen molar-refractivity contribution >= 4 is 34.9 Å². The second kappa shape index (κ2) is 5.07. The van der Waals surface area contributed by atoms with Crippen molar-refractivity contribution in [2.45, 2.75) is 0 Å². The van der Waals surface area contributed by atoms with Crippen LogP contribution in [0, 0.1) is 3.95 Å². The second-order valence-corrected chi connectivity index (χ2v) is 4.72. The number of phenols is 1. The first-order valence-corrected chi connectivity index (χ1v) is 5.88. The summed E-state index contributed by atoms with van der Waals surface area (Å²) in [6.45, 7) is 0. The smallest absolute Gasteiger partial charge is 0.230 e. The zero-order valence-electron chi connectivity index (χ0n) is 8.88. The summed E-state index contributed by atoms with van der Waals surface area (Å²) in [6.07, 6.45) is 1.51. The van der Waals surface area contributed by atoms with Crippen molar-refractivity contribution in [2.75, 3.05) is 7.11 Å². The van der Waals surface area contributed by atoms with E-state index in [4.69, 9.17) is 17.0 Å². The number of aliphatic imine (C=N–C) groups is 1. The molecular weight excluding hydrogens is 258 g/mol. The van der Waals surface area contributed by atoms with Gasteiger partial charge in [-0.3, -0.25) is 5.10 Å². The maximum atomic E-state index is 9.62. The third-order valence-electron chi connectivity index (χ3n) is 1.98. The number of ether oxygens (including phenoxy) is 1. The van der Waals surface area contributed by atoms with E-state index in [0.717, 1.165) is 0 Å². The van der Waals surface area contributed by atoms with Crippen molar-refractivity contribution in [2.24, 2.45) is 4.99 Å². The van der Waals surface area contributed by atoms with Crippen LogP contribution in [-0.4, -0.2) is 28.6 Å². The van der Waals surface area contributed by atoms with Gasteiger partial charge in [0, 0.05) is 11.8 Å². The van der Waals surface area contributed by atoms with Crippen LogP contribution in [0.25, 0.3) is 0 Å². The third-order valence-corrected chi connectivity index (χ3v) is 2.97. The van der Waals surface area contributed by atoms with Crippen molar-refractivity contribution in [1.29, 1.82) is 0 Å². The highest BCUT2D eigenvalue weighted by atomic mass is 32.1. The van der Waals surface area contributed by atoms with Gasteiger partial charge in [-0.2, -0.15) is 0 Å². The van der Waals surface area contributed by atoms with Crippen LogP contribution in [0.5, 0.6) is 11.5 Å². The number of benzene rings is 1. The predicted molar refractivity (Wildman–Crippen MR) is 69.2 cm³/mol. The van der Waals surface area contributed by atoms with Gasteiger partial charge in [-0.25, -0.2) is 4.99 Å². The standard InChI is InChI=1S/C10H9N3O2S2/c1-15-7-2-3-8(14)6(4-7)5-11-9-12-13-10(16)17-9/h2-5,14H,1H3,(H,13,16)/b11-5+. The molecular formula is C10H9N3O2S2. The van der Waals surface area contributed by atoms with E-state index in [9.17, 15) is 5.11 Å². The topological polar surface area (TPSA) is 70.5 Å². The van der Waals surface area contributed by atoms with E-state index in [1.54, 1.807) is 25.3 Å². The number of aromatic nitrogens is 2.